The molecule has 6 rings (SSSR count). The Morgan fingerprint density at radius 1 is 0.619 bits per heavy atom. The van der Waals surface area contributed by atoms with Crippen molar-refractivity contribution in [2.75, 3.05) is 0 Å². The van der Waals surface area contributed by atoms with Crippen LogP contribution in [-0.2, 0) is 0 Å². The fourth-order valence-corrected chi connectivity index (χ4v) is 5.27. The minimum atomic E-state index is 0.462. The van der Waals surface area contributed by atoms with Gasteiger partial charge in [-0.2, -0.15) is 0 Å². The molecule has 0 N–H and O–H groups in total. The maximum Gasteiger partial charge on any atom is -0.00206 e. The van der Waals surface area contributed by atoms with Crippen LogP contribution in [-0.4, -0.2) is 0 Å². The van der Waals surface area contributed by atoms with E-state index in [0.29, 0.717) is 5.41 Å². The molecule has 3 aliphatic rings. The molecule has 21 heavy (non-hydrogen) atoms. The zero-order chi connectivity index (χ0) is 13.9. The highest BCUT2D eigenvalue weighted by Gasteiger charge is 2.63. The summed E-state index contributed by atoms with van der Waals surface area (Å²) in [5.74, 6) is 1.50. The molecule has 0 saturated heterocycles. The summed E-state index contributed by atoms with van der Waals surface area (Å²) in [5.41, 5.74) is 9.39. The van der Waals surface area contributed by atoms with Crippen LogP contribution < -0.4 is 0 Å². The van der Waals surface area contributed by atoms with Gasteiger partial charge in [0.1, 0.15) is 0 Å². The molecule has 2 unspecified atom stereocenters. The summed E-state index contributed by atoms with van der Waals surface area (Å²) < 4.78 is 0. The van der Waals surface area contributed by atoms with Gasteiger partial charge < -0.3 is 0 Å². The number of hydrogen-bond donors (Lipinski definition) is 0. The standard InChI is InChI=1S/C21H16/c1-21(2)19-15-9-7-13-11-5-3-4-6-12(11)14-8-10-16(20(19)21)18(15)17(13)14/h3-10,19-20H,1-2H3. The summed E-state index contributed by atoms with van der Waals surface area (Å²) in [6.45, 7) is 4.85. The van der Waals surface area contributed by atoms with E-state index in [9.17, 15) is 0 Å². The van der Waals surface area contributed by atoms with Crippen molar-refractivity contribution in [1.29, 1.82) is 0 Å². The zero-order valence-corrected chi connectivity index (χ0v) is 12.3. The molecule has 0 heterocycles. The zero-order valence-electron chi connectivity index (χ0n) is 12.3. The first-order chi connectivity index (χ1) is 10.2. The Morgan fingerprint density at radius 3 is 1.67 bits per heavy atom. The van der Waals surface area contributed by atoms with E-state index in [1.807, 2.05) is 0 Å². The van der Waals surface area contributed by atoms with Gasteiger partial charge in [-0.3, -0.25) is 0 Å². The van der Waals surface area contributed by atoms with E-state index in [1.165, 1.54) is 27.6 Å². The van der Waals surface area contributed by atoms with Crippen molar-refractivity contribution in [2.24, 2.45) is 5.41 Å². The van der Waals surface area contributed by atoms with Crippen LogP contribution in [0.3, 0.4) is 0 Å². The third-order valence-electron chi connectivity index (χ3n) is 6.23. The van der Waals surface area contributed by atoms with Crippen molar-refractivity contribution in [1.82, 2.24) is 0 Å². The first kappa shape index (κ1) is 10.6. The van der Waals surface area contributed by atoms with Crippen molar-refractivity contribution in [3.8, 4) is 22.3 Å². The molecule has 0 aliphatic heterocycles. The van der Waals surface area contributed by atoms with Crippen molar-refractivity contribution >= 4 is 10.8 Å². The first-order valence-corrected chi connectivity index (χ1v) is 7.89. The van der Waals surface area contributed by atoms with Crippen LogP contribution in [0.2, 0.25) is 0 Å². The smallest absolute Gasteiger partial charge is 0.00206 e. The van der Waals surface area contributed by atoms with E-state index in [0.717, 1.165) is 11.8 Å². The lowest BCUT2D eigenvalue weighted by Crippen LogP contribution is -1.97. The van der Waals surface area contributed by atoms with E-state index < -0.39 is 0 Å². The summed E-state index contributed by atoms with van der Waals surface area (Å²) in [4.78, 5) is 0. The van der Waals surface area contributed by atoms with Gasteiger partial charge in [0.25, 0.3) is 0 Å². The molecule has 1 fully saturated rings. The molecule has 100 valence electrons. The van der Waals surface area contributed by atoms with Gasteiger partial charge in [0, 0.05) is 0 Å². The summed E-state index contributed by atoms with van der Waals surface area (Å²) >= 11 is 0. The van der Waals surface area contributed by atoms with E-state index in [-0.39, 0.29) is 0 Å². The fraction of sp³-hybridized carbons (Fsp3) is 0.238. The third kappa shape index (κ3) is 0.956. The first-order valence-electron chi connectivity index (χ1n) is 7.89. The highest BCUT2D eigenvalue weighted by molar-refractivity contribution is 6.18. The molecule has 0 heteroatoms. The van der Waals surface area contributed by atoms with Gasteiger partial charge in [0.2, 0.25) is 0 Å². The second kappa shape index (κ2) is 2.92. The highest BCUT2D eigenvalue weighted by atomic mass is 14.7. The maximum atomic E-state index is 2.42. The number of fused-ring (bicyclic) bond motifs is 6. The monoisotopic (exact) mass is 268 g/mol. The molecule has 0 aromatic heterocycles. The third-order valence-corrected chi connectivity index (χ3v) is 6.23. The number of benzene rings is 3. The van der Waals surface area contributed by atoms with Crippen molar-refractivity contribution in [3.63, 3.8) is 0 Å². The average molecular weight is 268 g/mol. The second-order valence-electron chi connectivity index (χ2n) is 7.48. The minimum absolute atomic E-state index is 0.462. The van der Waals surface area contributed by atoms with Crippen LogP contribution in [0.25, 0.3) is 33.0 Å². The Hall–Kier alpha value is -2.08. The molecular formula is C21H16. The van der Waals surface area contributed by atoms with Gasteiger partial charge >= 0.3 is 0 Å². The van der Waals surface area contributed by atoms with Crippen molar-refractivity contribution in [3.05, 3.63) is 59.7 Å². The van der Waals surface area contributed by atoms with Crippen LogP contribution in [0.1, 0.15) is 36.8 Å². The number of rotatable bonds is 0. The van der Waals surface area contributed by atoms with Gasteiger partial charge in [-0.15, -0.1) is 0 Å². The molecule has 3 aromatic carbocycles. The predicted molar refractivity (Wildman–Crippen MR) is 87.6 cm³/mol. The Kier molecular flexibility index (Phi) is 1.48. The Balaban J connectivity index is 1.81. The Morgan fingerprint density at radius 2 is 1.14 bits per heavy atom. The lowest BCUT2D eigenvalue weighted by molar-refractivity contribution is 0.598. The summed E-state index contributed by atoms with van der Waals surface area (Å²) in [7, 11) is 0. The lowest BCUT2D eigenvalue weighted by Gasteiger charge is -2.14. The second-order valence-corrected chi connectivity index (χ2v) is 7.48. The van der Waals surface area contributed by atoms with E-state index in [4.69, 9.17) is 0 Å². The topological polar surface area (TPSA) is 0 Å². The Bertz CT molecular complexity index is 901. The predicted octanol–water partition coefficient (Wildman–Crippen LogP) is 5.71. The van der Waals surface area contributed by atoms with Gasteiger partial charge in [-0.25, -0.2) is 0 Å². The molecular weight excluding hydrogens is 252 g/mol. The summed E-state index contributed by atoms with van der Waals surface area (Å²) in [6, 6.07) is 18.4. The van der Waals surface area contributed by atoms with Gasteiger partial charge in [-0.05, 0) is 61.4 Å². The molecule has 2 atom stereocenters. The molecule has 0 amide bonds. The van der Waals surface area contributed by atoms with E-state index >= 15 is 0 Å². The Labute approximate surface area is 124 Å². The van der Waals surface area contributed by atoms with Gasteiger partial charge in [0.05, 0.1) is 0 Å². The van der Waals surface area contributed by atoms with E-state index in [2.05, 4.69) is 62.4 Å². The van der Waals surface area contributed by atoms with Crippen LogP contribution >= 0.6 is 0 Å². The molecule has 3 aliphatic carbocycles. The van der Waals surface area contributed by atoms with Crippen LogP contribution in [0, 0.1) is 5.41 Å². The van der Waals surface area contributed by atoms with Crippen LogP contribution in [0.5, 0.6) is 0 Å². The van der Waals surface area contributed by atoms with E-state index in [1.54, 1.807) is 16.5 Å². The quantitative estimate of drug-likeness (QED) is 0.383. The minimum Gasteiger partial charge on any atom is -0.0616 e. The molecule has 0 radical (unpaired) electrons. The average Bonchev–Trinajstić information content (AvgIpc) is 2.82. The molecule has 0 nitrogen and oxygen atoms in total. The van der Waals surface area contributed by atoms with Gasteiger partial charge in [-0.1, -0.05) is 62.4 Å². The van der Waals surface area contributed by atoms with Crippen molar-refractivity contribution < 1.29 is 0 Å². The summed E-state index contributed by atoms with van der Waals surface area (Å²) in [6.07, 6.45) is 0. The number of hydrogen-bond acceptors (Lipinski definition) is 0. The highest BCUT2D eigenvalue weighted by Crippen LogP contribution is 2.76. The molecule has 0 spiro atoms. The maximum absolute atomic E-state index is 2.42. The van der Waals surface area contributed by atoms with Crippen LogP contribution in [0.4, 0.5) is 0 Å². The lowest BCUT2D eigenvalue weighted by atomic mass is 9.90. The SMILES string of the molecule is CC1(C)C2c3ccc4c5c(ccc(c35)C21)-c1ccccc1-4. The van der Waals surface area contributed by atoms with Crippen molar-refractivity contribution in [2.45, 2.75) is 25.7 Å². The molecule has 0 bridgehead atoms. The molecule has 3 aromatic rings. The normalized spacial score (nSPS) is 25.0. The largest absolute Gasteiger partial charge is 0.0616 e. The fourth-order valence-electron chi connectivity index (χ4n) is 5.27. The van der Waals surface area contributed by atoms with Crippen LogP contribution in [0.15, 0.2) is 48.5 Å². The molecule has 1 saturated carbocycles. The van der Waals surface area contributed by atoms with Gasteiger partial charge in [0.15, 0.2) is 0 Å². The summed E-state index contributed by atoms with van der Waals surface area (Å²) in [5, 5.41) is 3.10.